The van der Waals surface area contributed by atoms with Crippen LogP contribution in [0.2, 0.25) is 0 Å². The molecular formula is C7H9IN4O2. The summed E-state index contributed by atoms with van der Waals surface area (Å²) in [6.45, 7) is 1.62. The van der Waals surface area contributed by atoms with Gasteiger partial charge in [0.25, 0.3) is 11.5 Å². The highest BCUT2D eigenvalue weighted by atomic mass is 127. The van der Waals surface area contributed by atoms with Crippen molar-refractivity contribution < 1.29 is 4.79 Å². The molecule has 6 nitrogen and oxygen atoms in total. The van der Waals surface area contributed by atoms with Crippen LogP contribution in [0.15, 0.2) is 11.1 Å². The molecule has 14 heavy (non-hydrogen) atoms. The summed E-state index contributed by atoms with van der Waals surface area (Å²) in [7, 11) is 0. The second-order valence-electron chi connectivity index (χ2n) is 2.64. The molecule has 1 aromatic heterocycles. The first kappa shape index (κ1) is 11.1. The molecular weight excluding hydrogens is 299 g/mol. The minimum atomic E-state index is -0.437. The maximum atomic E-state index is 11.5. The number of carbonyl (C=O) groups is 1. The van der Waals surface area contributed by atoms with Crippen LogP contribution in [0.3, 0.4) is 0 Å². The van der Waals surface area contributed by atoms with E-state index in [9.17, 15) is 9.59 Å². The predicted octanol–water partition coefficient (Wildman–Crippen LogP) is -0.854. The van der Waals surface area contributed by atoms with Crippen molar-refractivity contribution in [1.29, 1.82) is 0 Å². The van der Waals surface area contributed by atoms with Gasteiger partial charge in [0.2, 0.25) is 0 Å². The van der Waals surface area contributed by atoms with Gasteiger partial charge in [-0.1, -0.05) is 0 Å². The number of nitrogens with zero attached hydrogens (tertiary/aromatic N) is 2. The number of hydrogen-bond donors (Lipinski definition) is 2. The molecule has 0 aliphatic heterocycles. The summed E-state index contributed by atoms with van der Waals surface area (Å²) in [4.78, 5) is 26.4. The fraction of sp³-hybridized carbons (Fsp3) is 0.286. The third-order valence-corrected chi connectivity index (χ3v) is 2.87. The number of aromatic nitrogens is 2. The average Bonchev–Trinajstić information content (AvgIpc) is 2.19. The number of halogens is 1. The van der Waals surface area contributed by atoms with Crippen molar-refractivity contribution in [3.8, 4) is 0 Å². The number of carbonyl (C=O) groups excluding carboxylic acids is 1. The van der Waals surface area contributed by atoms with Crippen LogP contribution in [0.1, 0.15) is 5.69 Å². The highest BCUT2D eigenvalue weighted by molar-refractivity contribution is 14.1. The maximum Gasteiger partial charge on any atom is 0.267 e. The zero-order valence-corrected chi connectivity index (χ0v) is 9.61. The lowest BCUT2D eigenvalue weighted by Gasteiger charge is -2.05. The van der Waals surface area contributed by atoms with E-state index >= 15 is 0 Å². The normalized spacial score (nSPS) is 9.93. The van der Waals surface area contributed by atoms with Crippen molar-refractivity contribution in [2.75, 3.05) is 0 Å². The Morgan fingerprint density at radius 3 is 3.00 bits per heavy atom. The Morgan fingerprint density at radius 1 is 1.79 bits per heavy atom. The van der Waals surface area contributed by atoms with Crippen LogP contribution >= 0.6 is 22.6 Å². The van der Waals surface area contributed by atoms with Crippen molar-refractivity contribution >= 4 is 28.5 Å². The summed E-state index contributed by atoms with van der Waals surface area (Å²) in [6.07, 6.45) is 1.33. The lowest BCUT2D eigenvalue weighted by Crippen LogP contribution is -2.37. The Hall–Kier alpha value is -0.960. The number of amides is 1. The average molecular weight is 308 g/mol. The fourth-order valence-corrected chi connectivity index (χ4v) is 1.31. The molecule has 0 aliphatic rings. The molecule has 0 radical (unpaired) electrons. The van der Waals surface area contributed by atoms with Crippen molar-refractivity contribution in [3.63, 3.8) is 0 Å². The van der Waals surface area contributed by atoms with E-state index in [0.29, 0.717) is 9.26 Å². The number of rotatable bonds is 2. The Morgan fingerprint density at radius 2 is 2.43 bits per heavy atom. The van der Waals surface area contributed by atoms with Gasteiger partial charge in [0.15, 0.2) is 0 Å². The summed E-state index contributed by atoms with van der Waals surface area (Å²) < 4.78 is 1.71. The first-order valence-corrected chi connectivity index (χ1v) is 4.85. The van der Waals surface area contributed by atoms with E-state index in [4.69, 9.17) is 5.84 Å². The first-order chi connectivity index (χ1) is 6.56. The van der Waals surface area contributed by atoms with E-state index in [1.807, 2.05) is 28.0 Å². The lowest BCUT2D eigenvalue weighted by atomic mass is 10.4. The van der Waals surface area contributed by atoms with Crippen molar-refractivity contribution in [3.05, 3.63) is 25.9 Å². The molecule has 0 atom stereocenters. The molecule has 1 aromatic rings. The van der Waals surface area contributed by atoms with Crippen LogP contribution in [0.5, 0.6) is 0 Å². The lowest BCUT2D eigenvalue weighted by molar-refractivity contribution is -0.121. The molecule has 1 amide bonds. The Balaban J connectivity index is 3.06. The Kier molecular flexibility index (Phi) is 3.58. The standard InChI is InChI=1S/C7H9IN4O2/c1-4-6(8)7(14)12(3-10-4)2-5(13)11-9/h3H,2,9H2,1H3,(H,11,13). The highest BCUT2D eigenvalue weighted by Crippen LogP contribution is 2.00. The number of hydrogen-bond acceptors (Lipinski definition) is 4. The Bertz CT molecular complexity index is 415. The first-order valence-electron chi connectivity index (χ1n) is 3.77. The SMILES string of the molecule is Cc1ncn(CC(=O)NN)c(=O)c1I. The predicted molar refractivity (Wildman–Crippen MR) is 58.3 cm³/mol. The summed E-state index contributed by atoms with van der Waals surface area (Å²) >= 11 is 1.89. The quantitative estimate of drug-likeness (QED) is 0.322. The van der Waals surface area contributed by atoms with Crippen molar-refractivity contribution in [2.45, 2.75) is 13.5 Å². The molecule has 1 rings (SSSR count). The highest BCUT2D eigenvalue weighted by Gasteiger charge is 2.07. The minimum Gasteiger partial charge on any atom is -0.293 e. The molecule has 3 N–H and O–H groups in total. The molecule has 0 saturated heterocycles. The molecule has 0 unspecified atom stereocenters. The van der Waals surface area contributed by atoms with Gasteiger partial charge >= 0.3 is 0 Å². The molecule has 0 bridgehead atoms. The van der Waals surface area contributed by atoms with Gasteiger partial charge in [0.05, 0.1) is 15.6 Å². The van der Waals surface area contributed by atoms with E-state index in [1.54, 1.807) is 6.92 Å². The van der Waals surface area contributed by atoms with Gasteiger partial charge in [0.1, 0.15) is 6.54 Å². The van der Waals surface area contributed by atoms with Crippen LogP contribution in [-0.2, 0) is 11.3 Å². The zero-order valence-electron chi connectivity index (χ0n) is 7.45. The van der Waals surface area contributed by atoms with Crippen molar-refractivity contribution in [1.82, 2.24) is 15.0 Å². The minimum absolute atomic E-state index is 0.112. The summed E-state index contributed by atoms with van der Waals surface area (Å²) in [6, 6.07) is 0. The summed E-state index contributed by atoms with van der Waals surface area (Å²) in [5, 5.41) is 0. The molecule has 0 aromatic carbocycles. The third-order valence-electron chi connectivity index (χ3n) is 1.63. The van der Waals surface area contributed by atoms with E-state index in [1.165, 1.54) is 10.9 Å². The second kappa shape index (κ2) is 4.51. The van der Waals surface area contributed by atoms with Gasteiger partial charge in [-0.3, -0.25) is 19.6 Å². The number of nitrogens with one attached hydrogen (secondary N) is 1. The number of nitrogens with two attached hydrogens (primary N) is 1. The summed E-state index contributed by atoms with van der Waals surface area (Å²) in [5.41, 5.74) is 2.36. The van der Waals surface area contributed by atoms with Crippen LogP contribution in [0, 0.1) is 10.5 Å². The van der Waals surface area contributed by atoms with Crippen LogP contribution in [0.25, 0.3) is 0 Å². The topological polar surface area (TPSA) is 90.0 Å². The van der Waals surface area contributed by atoms with Gasteiger partial charge in [-0.15, -0.1) is 0 Å². The van der Waals surface area contributed by atoms with E-state index in [-0.39, 0.29) is 12.1 Å². The van der Waals surface area contributed by atoms with E-state index in [0.717, 1.165) is 0 Å². The Labute approximate surface area is 93.6 Å². The zero-order chi connectivity index (χ0) is 10.7. The van der Waals surface area contributed by atoms with E-state index < -0.39 is 5.91 Å². The second-order valence-corrected chi connectivity index (χ2v) is 3.72. The molecule has 7 heteroatoms. The fourth-order valence-electron chi connectivity index (χ4n) is 0.859. The molecule has 1 heterocycles. The van der Waals surface area contributed by atoms with Crippen molar-refractivity contribution in [2.24, 2.45) is 5.84 Å². The molecule has 0 spiro atoms. The summed E-state index contributed by atoms with van der Waals surface area (Å²) in [5.74, 6) is 4.46. The van der Waals surface area contributed by atoms with Crippen LogP contribution < -0.4 is 16.8 Å². The monoisotopic (exact) mass is 308 g/mol. The number of aryl methyl sites for hydroxylation is 1. The van der Waals surface area contributed by atoms with Gasteiger partial charge in [-0.25, -0.2) is 10.8 Å². The number of hydrazine groups is 1. The van der Waals surface area contributed by atoms with Crippen LogP contribution in [-0.4, -0.2) is 15.5 Å². The smallest absolute Gasteiger partial charge is 0.267 e. The largest absolute Gasteiger partial charge is 0.293 e. The van der Waals surface area contributed by atoms with Crippen LogP contribution in [0.4, 0.5) is 0 Å². The molecule has 0 saturated carbocycles. The van der Waals surface area contributed by atoms with Gasteiger partial charge in [-0.2, -0.15) is 0 Å². The molecule has 0 fully saturated rings. The van der Waals surface area contributed by atoms with Gasteiger partial charge in [0, 0.05) is 0 Å². The third kappa shape index (κ3) is 2.29. The molecule has 0 aliphatic carbocycles. The van der Waals surface area contributed by atoms with Gasteiger partial charge < -0.3 is 0 Å². The maximum absolute atomic E-state index is 11.5. The molecule has 76 valence electrons. The van der Waals surface area contributed by atoms with E-state index in [2.05, 4.69) is 4.98 Å². The van der Waals surface area contributed by atoms with Gasteiger partial charge in [-0.05, 0) is 29.5 Å².